The summed E-state index contributed by atoms with van der Waals surface area (Å²) in [6, 6.07) is 14.2. The minimum atomic E-state index is 0.579. The summed E-state index contributed by atoms with van der Waals surface area (Å²) < 4.78 is 0. The van der Waals surface area contributed by atoms with Crippen molar-refractivity contribution in [1.29, 1.82) is 0 Å². The van der Waals surface area contributed by atoms with Crippen LogP contribution in [0.5, 0.6) is 0 Å². The van der Waals surface area contributed by atoms with Gasteiger partial charge in [-0.3, -0.25) is 0 Å². The summed E-state index contributed by atoms with van der Waals surface area (Å²) in [6.45, 7) is 2.29. The molecule has 0 saturated heterocycles. The Morgan fingerprint density at radius 1 is 1.04 bits per heavy atom. The second-order valence-corrected chi connectivity index (χ2v) is 8.19. The Morgan fingerprint density at radius 3 is 2.43 bits per heavy atom. The monoisotopic (exact) mass is 407 g/mol. The van der Waals surface area contributed by atoms with Gasteiger partial charge in [0.2, 0.25) is 0 Å². The van der Waals surface area contributed by atoms with E-state index in [9.17, 15) is 0 Å². The van der Waals surface area contributed by atoms with Crippen LogP contribution in [0.25, 0.3) is 0 Å². The van der Waals surface area contributed by atoms with E-state index in [1.807, 2.05) is 12.1 Å². The number of halogens is 1. The number of nitrogens with zero attached hydrogens (tertiary/aromatic N) is 1. The standard InChI is InChI=1S/C25H26ClNS/c1-2-3-4-19-5-10-21(11-6-19)22-12-7-20(8-13-22)9-14-23-15-16-24(27-18-28)17-25(23)26/h7-8,12-13,15-17,19,21H,2-6,10-11H2,1H3. The molecule has 1 fully saturated rings. The Kier molecular flexibility index (Phi) is 7.87. The highest BCUT2D eigenvalue weighted by molar-refractivity contribution is 7.78. The Balaban J connectivity index is 1.61. The maximum Gasteiger partial charge on any atom is 0.0755 e. The SMILES string of the molecule is CCCCC1CCC(c2ccc(C#Cc3ccc(N=C=S)cc3Cl)cc2)CC1. The molecule has 0 aliphatic heterocycles. The Hall–Kier alpha value is -1.91. The Labute approximate surface area is 179 Å². The molecule has 0 spiro atoms. The highest BCUT2D eigenvalue weighted by atomic mass is 35.5. The van der Waals surface area contributed by atoms with Gasteiger partial charge in [-0.05, 0) is 85.6 Å². The highest BCUT2D eigenvalue weighted by Gasteiger charge is 2.21. The highest BCUT2D eigenvalue weighted by Crippen LogP contribution is 2.37. The number of hydrogen-bond acceptors (Lipinski definition) is 2. The van der Waals surface area contributed by atoms with Crippen molar-refractivity contribution in [2.45, 2.75) is 57.8 Å². The minimum absolute atomic E-state index is 0.579. The van der Waals surface area contributed by atoms with Crippen LogP contribution in [0.15, 0.2) is 47.5 Å². The van der Waals surface area contributed by atoms with Gasteiger partial charge in [-0.1, -0.05) is 61.8 Å². The molecule has 3 heteroatoms. The molecule has 1 aliphatic rings. The third-order valence-corrected chi connectivity index (χ3v) is 6.07. The Morgan fingerprint density at radius 2 is 1.79 bits per heavy atom. The first-order valence-corrected chi connectivity index (χ1v) is 11.0. The average Bonchev–Trinajstić information content (AvgIpc) is 2.73. The second kappa shape index (κ2) is 10.6. The van der Waals surface area contributed by atoms with Gasteiger partial charge in [0, 0.05) is 11.1 Å². The molecule has 0 N–H and O–H groups in total. The van der Waals surface area contributed by atoms with Crippen molar-refractivity contribution in [2.24, 2.45) is 10.9 Å². The van der Waals surface area contributed by atoms with Gasteiger partial charge in [0.15, 0.2) is 0 Å². The Bertz CT molecular complexity index is 892. The first-order valence-electron chi connectivity index (χ1n) is 10.2. The average molecular weight is 408 g/mol. The van der Waals surface area contributed by atoms with E-state index in [1.165, 1.54) is 50.5 Å². The van der Waals surface area contributed by atoms with Crippen molar-refractivity contribution in [3.05, 3.63) is 64.2 Å². The summed E-state index contributed by atoms with van der Waals surface area (Å²) in [5, 5.41) is 2.92. The molecule has 0 radical (unpaired) electrons. The van der Waals surface area contributed by atoms with Crippen molar-refractivity contribution in [1.82, 2.24) is 0 Å². The molecule has 1 aliphatic carbocycles. The van der Waals surface area contributed by atoms with Crippen LogP contribution in [-0.2, 0) is 0 Å². The zero-order valence-corrected chi connectivity index (χ0v) is 18.0. The summed E-state index contributed by atoms with van der Waals surface area (Å²) in [7, 11) is 0. The third kappa shape index (κ3) is 5.79. The lowest BCUT2D eigenvalue weighted by molar-refractivity contribution is 0.304. The van der Waals surface area contributed by atoms with Gasteiger partial charge in [-0.25, -0.2) is 0 Å². The number of aliphatic imine (C=N–C) groups is 1. The van der Waals surface area contributed by atoms with E-state index >= 15 is 0 Å². The van der Waals surface area contributed by atoms with Gasteiger partial charge in [0.05, 0.1) is 15.9 Å². The molecule has 28 heavy (non-hydrogen) atoms. The topological polar surface area (TPSA) is 12.4 Å². The summed E-state index contributed by atoms with van der Waals surface area (Å²) in [4.78, 5) is 3.93. The quantitative estimate of drug-likeness (QED) is 0.278. The summed E-state index contributed by atoms with van der Waals surface area (Å²) in [5.74, 6) is 8.03. The van der Waals surface area contributed by atoms with E-state index in [2.05, 4.69) is 65.4 Å². The number of rotatable bonds is 5. The van der Waals surface area contributed by atoms with Gasteiger partial charge < -0.3 is 0 Å². The first kappa shape index (κ1) is 20.8. The molecule has 1 nitrogen and oxygen atoms in total. The van der Waals surface area contributed by atoms with Crippen molar-refractivity contribution in [3.63, 3.8) is 0 Å². The van der Waals surface area contributed by atoms with E-state index in [1.54, 1.807) is 6.07 Å². The van der Waals surface area contributed by atoms with Crippen LogP contribution < -0.4 is 0 Å². The lowest BCUT2D eigenvalue weighted by atomic mass is 9.77. The van der Waals surface area contributed by atoms with Gasteiger partial charge in [0.25, 0.3) is 0 Å². The van der Waals surface area contributed by atoms with Crippen molar-refractivity contribution < 1.29 is 0 Å². The molecule has 0 amide bonds. The van der Waals surface area contributed by atoms with Crippen LogP contribution in [0.3, 0.4) is 0 Å². The summed E-state index contributed by atoms with van der Waals surface area (Å²) in [5.41, 5.74) is 3.95. The first-order chi connectivity index (χ1) is 13.7. The molecule has 3 rings (SSSR count). The molecule has 0 bridgehead atoms. The number of hydrogen-bond donors (Lipinski definition) is 0. The van der Waals surface area contributed by atoms with Crippen molar-refractivity contribution >= 4 is 34.7 Å². The lowest BCUT2D eigenvalue weighted by Gasteiger charge is -2.28. The van der Waals surface area contributed by atoms with Crippen molar-refractivity contribution in [2.75, 3.05) is 0 Å². The van der Waals surface area contributed by atoms with Gasteiger partial charge in [0.1, 0.15) is 0 Å². The van der Waals surface area contributed by atoms with Crippen LogP contribution in [0.2, 0.25) is 5.02 Å². The van der Waals surface area contributed by atoms with Crippen LogP contribution in [0, 0.1) is 17.8 Å². The molecule has 2 aromatic carbocycles. The van der Waals surface area contributed by atoms with Gasteiger partial charge >= 0.3 is 0 Å². The molecule has 1 saturated carbocycles. The zero-order chi connectivity index (χ0) is 19.8. The largest absolute Gasteiger partial charge is 0.195 e. The van der Waals surface area contributed by atoms with Gasteiger partial charge in [-0.15, -0.1) is 0 Å². The van der Waals surface area contributed by atoms with Crippen LogP contribution in [0.1, 0.15) is 74.5 Å². The fourth-order valence-electron chi connectivity index (χ4n) is 3.98. The van der Waals surface area contributed by atoms with Crippen LogP contribution in [0.4, 0.5) is 5.69 Å². The zero-order valence-electron chi connectivity index (χ0n) is 16.4. The molecule has 0 heterocycles. The van der Waals surface area contributed by atoms with E-state index in [0.717, 1.165) is 17.0 Å². The van der Waals surface area contributed by atoms with E-state index < -0.39 is 0 Å². The van der Waals surface area contributed by atoms with Gasteiger partial charge in [-0.2, -0.15) is 4.99 Å². The van der Waals surface area contributed by atoms with E-state index in [4.69, 9.17) is 11.6 Å². The minimum Gasteiger partial charge on any atom is -0.195 e. The lowest BCUT2D eigenvalue weighted by Crippen LogP contribution is -2.13. The fourth-order valence-corrected chi connectivity index (χ4v) is 4.31. The van der Waals surface area contributed by atoms with Crippen LogP contribution >= 0.6 is 23.8 Å². The number of benzene rings is 2. The van der Waals surface area contributed by atoms with E-state index in [0.29, 0.717) is 16.6 Å². The maximum atomic E-state index is 6.28. The normalized spacial score (nSPS) is 18.6. The molecule has 0 atom stereocenters. The fraction of sp³-hybridized carbons (Fsp3) is 0.400. The molecule has 0 unspecified atom stereocenters. The van der Waals surface area contributed by atoms with Crippen LogP contribution in [-0.4, -0.2) is 5.16 Å². The molecule has 2 aromatic rings. The molecular weight excluding hydrogens is 382 g/mol. The summed E-state index contributed by atoms with van der Waals surface area (Å²) >= 11 is 10.9. The number of isothiocyanates is 1. The smallest absolute Gasteiger partial charge is 0.0755 e. The van der Waals surface area contributed by atoms with Crippen molar-refractivity contribution in [3.8, 4) is 11.8 Å². The summed E-state index contributed by atoms with van der Waals surface area (Å²) in [6.07, 6.45) is 9.53. The van der Waals surface area contributed by atoms with E-state index in [-0.39, 0.29) is 0 Å². The predicted molar refractivity (Wildman–Crippen MR) is 123 cm³/mol. The molecule has 0 aromatic heterocycles. The molecule has 144 valence electrons. The number of unbranched alkanes of at least 4 members (excludes halogenated alkanes) is 1. The number of thiocarbonyl (C=S) groups is 1. The molecular formula is C25H26ClNS. The third-order valence-electron chi connectivity index (χ3n) is 5.66. The maximum absolute atomic E-state index is 6.28. The second-order valence-electron chi connectivity index (χ2n) is 7.60. The predicted octanol–water partition coefficient (Wildman–Crippen LogP) is 7.94.